The van der Waals surface area contributed by atoms with Gasteiger partial charge in [-0.15, -0.1) is 11.8 Å². The molecule has 0 bridgehead atoms. The number of rotatable bonds is 8. The van der Waals surface area contributed by atoms with E-state index in [0.717, 1.165) is 38.4 Å². The van der Waals surface area contributed by atoms with Gasteiger partial charge in [-0.2, -0.15) is 5.10 Å². The molecule has 3 aromatic carbocycles. The molecule has 1 aliphatic heterocycles. The lowest BCUT2D eigenvalue weighted by atomic mass is 9.97. The first-order valence-corrected chi connectivity index (χ1v) is 12.9. The van der Waals surface area contributed by atoms with Crippen LogP contribution in [0, 0.1) is 0 Å². The number of methoxy groups -OCH3 is 3. The lowest BCUT2D eigenvalue weighted by Crippen LogP contribution is -2.28. The number of fused-ring (bicyclic) bond motifs is 1. The molecule has 2 heterocycles. The SMILES string of the molecule is COc1ccc(C2=NN(C(=O)CSc3cn(C)c4ccccc34)[C@@H](c3cccc(OC)c3OC)C2)cc1. The van der Waals surface area contributed by atoms with Crippen LogP contribution in [0.5, 0.6) is 17.2 Å². The Morgan fingerprint density at radius 2 is 1.76 bits per heavy atom. The highest BCUT2D eigenvalue weighted by molar-refractivity contribution is 8.00. The molecule has 1 aliphatic rings. The Labute approximate surface area is 220 Å². The van der Waals surface area contributed by atoms with Crippen molar-refractivity contribution in [3.05, 3.63) is 84.1 Å². The fourth-order valence-corrected chi connectivity index (χ4v) is 5.71. The Balaban J connectivity index is 1.47. The quantitative estimate of drug-likeness (QED) is 0.283. The van der Waals surface area contributed by atoms with Crippen molar-refractivity contribution in [2.24, 2.45) is 12.1 Å². The predicted octanol–water partition coefficient (Wildman–Crippen LogP) is 5.67. The molecule has 37 heavy (non-hydrogen) atoms. The van der Waals surface area contributed by atoms with Gasteiger partial charge in [-0.1, -0.05) is 30.3 Å². The molecule has 0 aliphatic carbocycles. The van der Waals surface area contributed by atoms with Crippen LogP contribution in [0.3, 0.4) is 0 Å². The molecule has 0 unspecified atom stereocenters. The molecule has 0 spiro atoms. The van der Waals surface area contributed by atoms with Crippen molar-refractivity contribution in [2.45, 2.75) is 17.4 Å². The van der Waals surface area contributed by atoms with Gasteiger partial charge in [0.2, 0.25) is 0 Å². The second-order valence-electron chi connectivity index (χ2n) is 8.73. The van der Waals surface area contributed by atoms with Gasteiger partial charge in [0, 0.05) is 41.0 Å². The van der Waals surface area contributed by atoms with Gasteiger partial charge in [0.25, 0.3) is 5.91 Å². The summed E-state index contributed by atoms with van der Waals surface area (Å²) in [6, 6.07) is 21.4. The van der Waals surface area contributed by atoms with Gasteiger partial charge < -0.3 is 18.8 Å². The van der Waals surface area contributed by atoms with Crippen LogP contribution in [-0.4, -0.2) is 48.3 Å². The summed E-state index contributed by atoms with van der Waals surface area (Å²) in [5.74, 6) is 2.19. The number of para-hydroxylation sites is 2. The molecule has 0 fully saturated rings. The average molecular weight is 516 g/mol. The number of aromatic nitrogens is 1. The van der Waals surface area contributed by atoms with E-state index < -0.39 is 0 Å². The van der Waals surface area contributed by atoms with E-state index in [2.05, 4.69) is 22.9 Å². The van der Waals surface area contributed by atoms with E-state index in [-0.39, 0.29) is 17.7 Å². The maximum Gasteiger partial charge on any atom is 0.253 e. The number of hydrogen-bond acceptors (Lipinski definition) is 6. The molecule has 0 N–H and O–H groups in total. The van der Waals surface area contributed by atoms with E-state index in [1.165, 1.54) is 11.8 Å². The summed E-state index contributed by atoms with van der Waals surface area (Å²) in [5, 5.41) is 7.57. The minimum absolute atomic E-state index is 0.0729. The van der Waals surface area contributed by atoms with Crippen LogP contribution >= 0.6 is 11.8 Å². The summed E-state index contributed by atoms with van der Waals surface area (Å²) in [6.07, 6.45) is 2.63. The molecule has 190 valence electrons. The topological polar surface area (TPSA) is 65.3 Å². The van der Waals surface area contributed by atoms with E-state index in [1.54, 1.807) is 26.3 Å². The summed E-state index contributed by atoms with van der Waals surface area (Å²) in [7, 11) is 6.88. The van der Waals surface area contributed by atoms with Crippen LogP contribution in [0.15, 0.2) is 82.9 Å². The van der Waals surface area contributed by atoms with Gasteiger partial charge in [-0.05, 0) is 42.0 Å². The van der Waals surface area contributed by atoms with Crippen molar-refractivity contribution in [1.29, 1.82) is 0 Å². The minimum Gasteiger partial charge on any atom is -0.497 e. The second kappa shape index (κ2) is 10.6. The monoisotopic (exact) mass is 515 g/mol. The zero-order valence-electron chi connectivity index (χ0n) is 21.3. The molecule has 4 aromatic rings. The first kappa shape index (κ1) is 24.8. The van der Waals surface area contributed by atoms with E-state index in [9.17, 15) is 4.79 Å². The minimum atomic E-state index is -0.317. The first-order valence-electron chi connectivity index (χ1n) is 12.0. The molecule has 0 radical (unpaired) electrons. The summed E-state index contributed by atoms with van der Waals surface area (Å²) < 4.78 is 18.6. The lowest BCUT2D eigenvalue weighted by Gasteiger charge is -2.24. The molecule has 0 saturated heterocycles. The molecule has 1 atom stereocenters. The molecule has 8 heteroatoms. The summed E-state index contributed by atoms with van der Waals surface area (Å²) in [5.41, 5.74) is 3.78. The van der Waals surface area contributed by atoms with E-state index in [0.29, 0.717) is 17.9 Å². The van der Waals surface area contributed by atoms with E-state index >= 15 is 0 Å². The molecular formula is C29H29N3O4S. The zero-order valence-corrected chi connectivity index (χ0v) is 22.1. The number of nitrogens with zero attached hydrogens (tertiary/aromatic N) is 3. The van der Waals surface area contributed by atoms with Gasteiger partial charge in [-0.25, -0.2) is 5.01 Å². The molecule has 0 saturated carbocycles. The Kier molecular flexibility index (Phi) is 7.10. The third-order valence-electron chi connectivity index (χ3n) is 6.59. The number of ether oxygens (including phenoxy) is 3. The maximum atomic E-state index is 13.7. The summed E-state index contributed by atoms with van der Waals surface area (Å²) in [4.78, 5) is 14.7. The highest BCUT2D eigenvalue weighted by Crippen LogP contribution is 2.42. The molecule has 1 aromatic heterocycles. The largest absolute Gasteiger partial charge is 0.497 e. The van der Waals surface area contributed by atoms with E-state index in [4.69, 9.17) is 19.3 Å². The van der Waals surface area contributed by atoms with Crippen molar-refractivity contribution in [3.8, 4) is 17.2 Å². The van der Waals surface area contributed by atoms with Gasteiger partial charge in [-0.3, -0.25) is 4.79 Å². The summed E-state index contributed by atoms with van der Waals surface area (Å²) in [6.45, 7) is 0. The van der Waals surface area contributed by atoms with Gasteiger partial charge in [0.1, 0.15) is 5.75 Å². The van der Waals surface area contributed by atoms with Crippen molar-refractivity contribution in [1.82, 2.24) is 9.58 Å². The lowest BCUT2D eigenvalue weighted by molar-refractivity contribution is -0.130. The number of carbonyl (C=O) groups excluding carboxylic acids is 1. The highest BCUT2D eigenvalue weighted by Gasteiger charge is 2.35. The van der Waals surface area contributed by atoms with Crippen LogP contribution in [0.4, 0.5) is 0 Å². The number of thioether (sulfide) groups is 1. The third-order valence-corrected chi connectivity index (χ3v) is 7.62. The van der Waals surface area contributed by atoms with Crippen LogP contribution in [0.1, 0.15) is 23.6 Å². The fraction of sp³-hybridized carbons (Fsp3) is 0.241. The first-order chi connectivity index (χ1) is 18.0. The van der Waals surface area contributed by atoms with Crippen LogP contribution < -0.4 is 14.2 Å². The smallest absolute Gasteiger partial charge is 0.253 e. The standard InChI is InChI=1S/C29H29N3O4S/c1-31-17-27(21-8-5-6-10-24(21)31)37-18-28(33)32-25(22-9-7-11-26(35-3)29(22)36-4)16-23(30-32)19-12-14-20(34-2)15-13-19/h5-15,17,25H,16,18H2,1-4H3/t25-/m1/s1. The third kappa shape index (κ3) is 4.76. The van der Waals surface area contributed by atoms with Gasteiger partial charge in [0.15, 0.2) is 11.5 Å². The number of carbonyl (C=O) groups is 1. The van der Waals surface area contributed by atoms with E-state index in [1.807, 2.05) is 61.6 Å². The Morgan fingerprint density at radius 1 is 0.973 bits per heavy atom. The highest BCUT2D eigenvalue weighted by atomic mass is 32.2. The van der Waals surface area contributed by atoms with Crippen molar-refractivity contribution in [2.75, 3.05) is 27.1 Å². The number of amides is 1. The normalized spacial score (nSPS) is 15.1. The van der Waals surface area contributed by atoms with Crippen LogP contribution in [0.2, 0.25) is 0 Å². The maximum absolute atomic E-state index is 13.7. The number of benzene rings is 3. The Morgan fingerprint density at radius 3 is 2.49 bits per heavy atom. The Hall–Kier alpha value is -3.91. The Bertz CT molecular complexity index is 1460. The van der Waals surface area contributed by atoms with Crippen molar-refractivity contribution in [3.63, 3.8) is 0 Å². The molecule has 7 nitrogen and oxygen atoms in total. The van der Waals surface area contributed by atoms with Crippen molar-refractivity contribution >= 4 is 34.3 Å². The number of hydrazone groups is 1. The zero-order chi connectivity index (χ0) is 25.9. The number of hydrogen-bond donors (Lipinski definition) is 0. The van der Waals surface area contributed by atoms with Gasteiger partial charge >= 0.3 is 0 Å². The molecule has 5 rings (SSSR count). The van der Waals surface area contributed by atoms with Crippen LogP contribution in [-0.2, 0) is 11.8 Å². The molecular weight excluding hydrogens is 486 g/mol. The molecule has 1 amide bonds. The van der Waals surface area contributed by atoms with Crippen LogP contribution in [0.25, 0.3) is 10.9 Å². The van der Waals surface area contributed by atoms with Crippen molar-refractivity contribution < 1.29 is 19.0 Å². The summed E-state index contributed by atoms with van der Waals surface area (Å²) >= 11 is 1.53. The second-order valence-corrected chi connectivity index (χ2v) is 9.74. The fourth-order valence-electron chi connectivity index (χ4n) is 4.74. The van der Waals surface area contributed by atoms with Gasteiger partial charge in [0.05, 0.1) is 38.8 Å². The predicted molar refractivity (Wildman–Crippen MR) is 147 cm³/mol. The number of aryl methyl sites for hydroxylation is 1. The average Bonchev–Trinajstić information content (AvgIpc) is 3.53.